The fourth-order valence-electron chi connectivity index (χ4n) is 2.19. The molecule has 0 saturated carbocycles. The number of carbonyl (C=O) groups excluding carboxylic acids is 2. The maximum absolute atomic E-state index is 12.1. The van der Waals surface area contributed by atoms with Crippen molar-refractivity contribution < 1.29 is 9.59 Å². The average Bonchev–Trinajstić information content (AvgIpc) is 2.94. The van der Waals surface area contributed by atoms with E-state index in [4.69, 9.17) is 0 Å². The summed E-state index contributed by atoms with van der Waals surface area (Å²) >= 11 is 1.66. The Morgan fingerprint density at radius 2 is 2.33 bits per heavy atom. The van der Waals surface area contributed by atoms with Gasteiger partial charge in [0.2, 0.25) is 11.8 Å². The van der Waals surface area contributed by atoms with E-state index in [-0.39, 0.29) is 30.3 Å². The molecule has 1 aromatic heterocycles. The fourth-order valence-corrected chi connectivity index (χ4v) is 2.94. The number of nitrogens with zero attached hydrogens (tertiary/aromatic N) is 1. The topological polar surface area (TPSA) is 49.4 Å². The molecule has 5 heteroatoms. The van der Waals surface area contributed by atoms with Gasteiger partial charge in [0.15, 0.2) is 0 Å². The summed E-state index contributed by atoms with van der Waals surface area (Å²) in [6.07, 6.45) is 1.10. The maximum atomic E-state index is 12.1. The van der Waals surface area contributed by atoms with Crippen LogP contribution in [0.4, 0.5) is 0 Å². The Morgan fingerprint density at radius 3 is 2.94 bits per heavy atom. The molecular weight excluding hydrogens is 248 g/mol. The van der Waals surface area contributed by atoms with Gasteiger partial charge in [-0.25, -0.2) is 0 Å². The predicted octanol–water partition coefficient (Wildman–Crippen LogP) is 1.94. The minimum absolute atomic E-state index is 0.0577. The lowest BCUT2D eigenvalue weighted by Crippen LogP contribution is -2.39. The zero-order valence-corrected chi connectivity index (χ0v) is 11.5. The Kier molecular flexibility index (Phi) is 4.14. The van der Waals surface area contributed by atoms with E-state index in [0.29, 0.717) is 6.54 Å². The first kappa shape index (κ1) is 13.2. The summed E-state index contributed by atoms with van der Waals surface area (Å²) in [6.45, 7) is 4.52. The highest BCUT2D eigenvalue weighted by atomic mass is 32.1. The van der Waals surface area contributed by atoms with Crippen LogP contribution in [-0.4, -0.2) is 29.3 Å². The molecule has 2 unspecified atom stereocenters. The van der Waals surface area contributed by atoms with Gasteiger partial charge in [-0.1, -0.05) is 13.0 Å². The second-order valence-electron chi connectivity index (χ2n) is 4.54. The van der Waals surface area contributed by atoms with Gasteiger partial charge in [0.1, 0.15) is 0 Å². The lowest BCUT2D eigenvalue weighted by atomic mass is 10.2. The quantitative estimate of drug-likeness (QED) is 0.829. The molecule has 4 nitrogen and oxygen atoms in total. The van der Waals surface area contributed by atoms with E-state index in [9.17, 15) is 9.59 Å². The third kappa shape index (κ3) is 2.62. The normalized spacial score (nSPS) is 21.7. The minimum Gasteiger partial charge on any atom is -0.298 e. The second-order valence-corrected chi connectivity index (χ2v) is 5.52. The molecule has 2 heterocycles. The summed E-state index contributed by atoms with van der Waals surface area (Å²) in [5.41, 5.74) is 0. The molecule has 1 saturated heterocycles. The SMILES string of the molecule is CCCN1C(=O)CC(NC(C)c2cccs2)C1=O. The number of hydrogen-bond acceptors (Lipinski definition) is 4. The number of hydrogen-bond donors (Lipinski definition) is 1. The van der Waals surface area contributed by atoms with Gasteiger partial charge >= 0.3 is 0 Å². The summed E-state index contributed by atoms with van der Waals surface area (Å²) < 4.78 is 0. The molecule has 0 spiro atoms. The number of imide groups is 1. The number of carbonyl (C=O) groups is 2. The first-order valence-electron chi connectivity index (χ1n) is 6.27. The van der Waals surface area contributed by atoms with Gasteiger partial charge in [0.05, 0.1) is 12.5 Å². The zero-order chi connectivity index (χ0) is 13.1. The van der Waals surface area contributed by atoms with Crippen molar-refractivity contribution in [1.29, 1.82) is 0 Å². The fraction of sp³-hybridized carbons (Fsp3) is 0.538. The minimum atomic E-state index is -0.360. The first-order valence-corrected chi connectivity index (χ1v) is 7.15. The van der Waals surface area contributed by atoms with E-state index in [1.54, 1.807) is 11.3 Å². The van der Waals surface area contributed by atoms with Crippen molar-refractivity contribution in [2.24, 2.45) is 0 Å². The van der Waals surface area contributed by atoms with Gasteiger partial charge in [-0.15, -0.1) is 11.3 Å². The standard InChI is InChI=1S/C13H18N2O2S/c1-3-6-15-12(16)8-10(13(15)17)14-9(2)11-5-4-7-18-11/h4-5,7,9-10,14H,3,6,8H2,1-2H3. The zero-order valence-electron chi connectivity index (χ0n) is 10.7. The van der Waals surface area contributed by atoms with Crippen molar-refractivity contribution in [3.63, 3.8) is 0 Å². The van der Waals surface area contributed by atoms with Crippen LogP contribution in [0.3, 0.4) is 0 Å². The predicted molar refractivity (Wildman–Crippen MR) is 71.3 cm³/mol. The van der Waals surface area contributed by atoms with Gasteiger partial charge in [-0.05, 0) is 24.8 Å². The van der Waals surface area contributed by atoms with Crippen molar-refractivity contribution in [1.82, 2.24) is 10.2 Å². The van der Waals surface area contributed by atoms with Gasteiger partial charge in [-0.3, -0.25) is 19.8 Å². The van der Waals surface area contributed by atoms with E-state index >= 15 is 0 Å². The van der Waals surface area contributed by atoms with Crippen LogP contribution < -0.4 is 5.32 Å². The van der Waals surface area contributed by atoms with Crippen LogP contribution in [0.2, 0.25) is 0 Å². The Hall–Kier alpha value is -1.20. The number of amides is 2. The molecular formula is C13H18N2O2S. The number of likely N-dealkylation sites (tertiary alicyclic amines) is 1. The molecule has 1 aromatic rings. The Morgan fingerprint density at radius 1 is 1.56 bits per heavy atom. The molecule has 0 radical (unpaired) electrons. The molecule has 2 amide bonds. The van der Waals surface area contributed by atoms with Gasteiger partial charge in [0, 0.05) is 17.5 Å². The first-order chi connectivity index (χ1) is 8.63. The highest BCUT2D eigenvalue weighted by Crippen LogP contribution is 2.22. The van der Waals surface area contributed by atoms with Crippen molar-refractivity contribution in [3.8, 4) is 0 Å². The molecule has 2 atom stereocenters. The van der Waals surface area contributed by atoms with Crippen molar-refractivity contribution in [3.05, 3.63) is 22.4 Å². The third-order valence-corrected chi connectivity index (χ3v) is 4.17. The van der Waals surface area contributed by atoms with Crippen LogP contribution in [-0.2, 0) is 9.59 Å². The van der Waals surface area contributed by atoms with E-state index in [1.165, 1.54) is 9.78 Å². The Balaban J connectivity index is 1.99. The van der Waals surface area contributed by atoms with E-state index in [1.807, 2.05) is 31.4 Å². The molecule has 1 N–H and O–H groups in total. The van der Waals surface area contributed by atoms with Crippen molar-refractivity contribution >= 4 is 23.2 Å². The molecule has 1 aliphatic rings. The number of thiophene rings is 1. The van der Waals surface area contributed by atoms with E-state index < -0.39 is 0 Å². The molecule has 2 rings (SSSR count). The van der Waals surface area contributed by atoms with Gasteiger partial charge in [0.25, 0.3) is 0 Å². The molecule has 1 aliphatic heterocycles. The second kappa shape index (κ2) is 5.63. The van der Waals surface area contributed by atoms with Crippen LogP contribution in [0.25, 0.3) is 0 Å². The summed E-state index contributed by atoms with van der Waals surface area (Å²) in [6, 6.07) is 3.77. The van der Waals surface area contributed by atoms with Crippen LogP contribution in [0.1, 0.15) is 37.6 Å². The lowest BCUT2D eigenvalue weighted by molar-refractivity contribution is -0.138. The summed E-state index contributed by atoms with van der Waals surface area (Å²) in [4.78, 5) is 26.3. The molecule has 0 aromatic carbocycles. The molecule has 1 fully saturated rings. The van der Waals surface area contributed by atoms with Gasteiger partial charge < -0.3 is 0 Å². The smallest absolute Gasteiger partial charge is 0.246 e. The molecule has 18 heavy (non-hydrogen) atoms. The molecule has 0 aliphatic carbocycles. The van der Waals surface area contributed by atoms with E-state index in [2.05, 4.69) is 5.32 Å². The molecule has 0 bridgehead atoms. The maximum Gasteiger partial charge on any atom is 0.246 e. The average molecular weight is 266 g/mol. The monoisotopic (exact) mass is 266 g/mol. The van der Waals surface area contributed by atoms with Crippen LogP contribution in [0, 0.1) is 0 Å². The van der Waals surface area contributed by atoms with Crippen molar-refractivity contribution in [2.75, 3.05) is 6.54 Å². The highest BCUT2D eigenvalue weighted by molar-refractivity contribution is 7.10. The summed E-state index contributed by atoms with van der Waals surface area (Å²) in [7, 11) is 0. The Bertz CT molecular complexity index is 430. The Labute approximate surface area is 111 Å². The number of nitrogens with one attached hydrogen (secondary N) is 1. The third-order valence-electron chi connectivity index (χ3n) is 3.11. The largest absolute Gasteiger partial charge is 0.298 e. The summed E-state index contributed by atoms with van der Waals surface area (Å²) in [5.74, 6) is -0.136. The highest BCUT2D eigenvalue weighted by Gasteiger charge is 2.38. The summed E-state index contributed by atoms with van der Waals surface area (Å²) in [5, 5.41) is 5.26. The van der Waals surface area contributed by atoms with Crippen LogP contribution >= 0.6 is 11.3 Å². The van der Waals surface area contributed by atoms with Crippen LogP contribution in [0.5, 0.6) is 0 Å². The van der Waals surface area contributed by atoms with E-state index in [0.717, 1.165) is 6.42 Å². The number of rotatable bonds is 5. The molecule has 98 valence electrons. The van der Waals surface area contributed by atoms with Gasteiger partial charge in [-0.2, -0.15) is 0 Å². The lowest BCUT2D eigenvalue weighted by Gasteiger charge is -2.17. The van der Waals surface area contributed by atoms with Crippen LogP contribution in [0.15, 0.2) is 17.5 Å². The van der Waals surface area contributed by atoms with Crippen molar-refractivity contribution in [2.45, 2.75) is 38.8 Å².